The van der Waals surface area contributed by atoms with Gasteiger partial charge < -0.3 is 9.14 Å². The molecular weight excluding hydrogens is 290 g/mol. The van der Waals surface area contributed by atoms with Gasteiger partial charge in [0.1, 0.15) is 10.8 Å². The van der Waals surface area contributed by atoms with E-state index in [1.165, 1.54) is 0 Å². The van der Waals surface area contributed by atoms with E-state index in [1.807, 2.05) is 30.5 Å². The average Bonchev–Trinajstić information content (AvgIpc) is 2.91. The number of esters is 1. The molecule has 0 unspecified atom stereocenters. The lowest BCUT2D eigenvalue weighted by Crippen LogP contribution is -2.04. The number of hydrogen-bond donors (Lipinski definition) is 0. The highest BCUT2D eigenvalue weighted by Crippen LogP contribution is 2.26. The van der Waals surface area contributed by atoms with Crippen molar-refractivity contribution < 1.29 is 9.53 Å². The molecule has 0 aliphatic carbocycles. The minimum absolute atomic E-state index is 0.284. The van der Waals surface area contributed by atoms with Gasteiger partial charge in [0.2, 0.25) is 0 Å². The van der Waals surface area contributed by atoms with Crippen molar-refractivity contribution >= 4 is 23.2 Å². The van der Waals surface area contributed by atoms with Crippen LogP contribution in [0.15, 0.2) is 42.9 Å². The Bertz CT molecular complexity index is 814. The van der Waals surface area contributed by atoms with E-state index in [0.717, 1.165) is 11.1 Å². The van der Waals surface area contributed by atoms with Crippen molar-refractivity contribution in [2.75, 3.05) is 6.61 Å². The van der Waals surface area contributed by atoms with E-state index in [4.69, 9.17) is 16.3 Å². The van der Waals surface area contributed by atoms with Crippen molar-refractivity contribution in [3.63, 3.8) is 0 Å². The third-order valence-corrected chi connectivity index (χ3v) is 3.31. The maximum absolute atomic E-state index is 11.7. The van der Waals surface area contributed by atoms with Crippen LogP contribution in [-0.2, 0) is 4.74 Å². The molecule has 0 amide bonds. The van der Waals surface area contributed by atoms with Crippen LogP contribution in [0.5, 0.6) is 0 Å². The van der Waals surface area contributed by atoms with E-state index in [0.29, 0.717) is 17.4 Å². The monoisotopic (exact) mass is 301 g/mol. The number of carbonyl (C=O) groups excluding carboxylic acids is 1. The van der Waals surface area contributed by atoms with Crippen LogP contribution in [0.3, 0.4) is 0 Å². The molecule has 0 aliphatic rings. The molecule has 106 valence electrons. The predicted molar refractivity (Wildman–Crippen MR) is 79.4 cm³/mol. The number of nitrogens with zero attached hydrogens (tertiary/aromatic N) is 3. The maximum atomic E-state index is 11.7. The Kier molecular flexibility index (Phi) is 3.58. The summed E-state index contributed by atoms with van der Waals surface area (Å²) in [6.07, 6.45) is 5.13. The Morgan fingerprint density at radius 2 is 2.19 bits per heavy atom. The van der Waals surface area contributed by atoms with Gasteiger partial charge in [-0.25, -0.2) is 14.8 Å². The number of imidazole rings is 1. The molecule has 0 spiro atoms. The molecule has 0 atom stereocenters. The Morgan fingerprint density at radius 1 is 1.33 bits per heavy atom. The van der Waals surface area contributed by atoms with Gasteiger partial charge in [0.15, 0.2) is 5.69 Å². The molecule has 21 heavy (non-hydrogen) atoms. The third-order valence-electron chi connectivity index (χ3n) is 3.01. The number of ether oxygens (including phenoxy) is 1. The van der Waals surface area contributed by atoms with Crippen LogP contribution in [-0.4, -0.2) is 26.9 Å². The highest BCUT2D eigenvalue weighted by atomic mass is 35.5. The van der Waals surface area contributed by atoms with Crippen LogP contribution in [0.25, 0.3) is 16.8 Å². The number of aromatic nitrogens is 3. The summed E-state index contributed by atoms with van der Waals surface area (Å²) in [4.78, 5) is 20.0. The molecule has 0 saturated heterocycles. The summed E-state index contributed by atoms with van der Waals surface area (Å²) in [5.74, 6) is -0.429. The van der Waals surface area contributed by atoms with E-state index in [1.54, 1.807) is 23.7 Å². The molecule has 0 fully saturated rings. The first-order valence-corrected chi connectivity index (χ1v) is 6.83. The van der Waals surface area contributed by atoms with E-state index in [2.05, 4.69) is 9.97 Å². The summed E-state index contributed by atoms with van der Waals surface area (Å²) in [5.41, 5.74) is 2.67. The van der Waals surface area contributed by atoms with E-state index >= 15 is 0 Å². The molecule has 5 nitrogen and oxygen atoms in total. The number of hydrogen-bond acceptors (Lipinski definition) is 4. The Morgan fingerprint density at radius 3 is 2.95 bits per heavy atom. The Labute approximate surface area is 126 Å². The van der Waals surface area contributed by atoms with E-state index in [9.17, 15) is 4.79 Å². The summed E-state index contributed by atoms with van der Waals surface area (Å²) in [6, 6.07) is 7.42. The molecule has 0 saturated carbocycles. The second-order valence-corrected chi connectivity index (χ2v) is 4.73. The predicted octanol–water partition coefficient (Wildman–Crippen LogP) is 3.23. The molecule has 0 bridgehead atoms. The highest BCUT2D eigenvalue weighted by molar-refractivity contribution is 6.32. The van der Waals surface area contributed by atoms with Crippen LogP contribution in [0.2, 0.25) is 5.15 Å². The molecular formula is C15H12ClN3O2. The lowest BCUT2D eigenvalue weighted by atomic mass is 10.1. The zero-order valence-electron chi connectivity index (χ0n) is 11.3. The molecule has 3 aromatic heterocycles. The van der Waals surface area contributed by atoms with Gasteiger partial charge in [-0.1, -0.05) is 11.6 Å². The number of halogens is 1. The highest BCUT2D eigenvalue weighted by Gasteiger charge is 2.12. The largest absolute Gasteiger partial charge is 0.461 e. The topological polar surface area (TPSA) is 56.5 Å². The minimum Gasteiger partial charge on any atom is -0.461 e. The average molecular weight is 302 g/mol. The first-order chi connectivity index (χ1) is 10.2. The summed E-state index contributed by atoms with van der Waals surface area (Å²) >= 11 is 6.10. The first-order valence-electron chi connectivity index (χ1n) is 6.46. The summed E-state index contributed by atoms with van der Waals surface area (Å²) in [5, 5.41) is 0.433. The van der Waals surface area contributed by atoms with Crippen molar-refractivity contribution in [2.45, 2.75) is 6.92 Å². The second kappa shape index (κ2) is 5.54. The van der Waals surface area contributed by atoms with E-state index < -0.39 is 5.97 Å². The second-order valence-electron chi connectivity index (χ2n) is 4.37. The smallest absolute Gasteiger partial charge is 0.358 e. The molecule has 3 aromatic rings. The van der Waals surface area contributed by atoms with Crippen molar-refractivity contribution in [1.29, 1.82) is 0 Å². The Hall–Kier alpha value is -2.40. The van der Waals surface area contributed by atoms with Gasteiger partial charge in [0, 0.05) is 29.7 Å². The van der Waals surface area contributed by atoms with E-state index in [-0.39, 0.29) is 5.69 Å². The van der Waals surface area contributed by atoms with Gasteiger partial charge in [0.05, 0.1) is 6.61 Å². The number of carbonyl (C=O) groups is 1. The Balaban J connectivity index is 2.05. The van der Waals surface area contributed by atoms with Crippen molar-refractivity contribution in [3.8, 4) is 11.1 Å². The fraction of sp³-hybridized carbons (Fsp3) is 0.133. The minimum atomic E-state index is -0.429. The lowest BCUT2D eigenvalue weighted by molar-refractivity contribution is 0.0520. The number of pyridine rings is 2. The molecule has 0 aliphatic heterocycles. The van der Waals surface area contributed by atoms with Crippen LogP contribution in [0, 0.1) is 0 Å². The molecule has 3 heterocycles. The molecule has 0 N–H and O–H groups in total. The van der Waals surface area contributed by atoms with Gasteiger partial charge in [-0.3, -0.25) is 0 Å². The third kappa shape index (κ3) is 2.60. The molecule has 0 radical (unpaired) electrons. The van der Waals surface area contributed by atoms with Crippen LogP contribution in [0.4, 0.5) is 0 Å². The van der Waals surface area contributed by atoms with Crippen LogP contribution < -0.4 is 0 Å². The fourth-order valence-electron chi connectivity index (χ4n) is 2.06. The van der Waals surface area contributed by atoms with Crippen molar-refractivity contribution in [1.82, 2.24) is 14.4 Å². The molecule has 0 aromatic carbocycles. The maximum Gasteiger partial charge on any atom is 0.358 e. The number of fused-ring (bicyclic) bond motifs is 1. The van der Waals surface area contributed by atoms with Gasteiger partial charge in [0.25, 0.3) is 0 Å². The van der Waals surface area contributed by atoms with Crippen molar-refractivity contribution in [2.24, 2.45) is 0 Å². The van der Waals surface area contributed by atoms with Crippen LogP contribution >= 0.6 is 11.6 Å². The summed E-state index contributed by atoms with van der Waals surface area (Å²) in [7, 11) is 0. The molecule has 6 heteroatoms. The summed E-state index contributed by atoms with van der Waals surface area (Å²) < 4.78 is 6.71. The van der Waals surface area contributed by atoms with Gasteiger partial charge in [-0.2, -0.15) is 0 Å². The quantitative estimate of drug-likeness (QED) is 0.550. The number of rotatable bonds is 3. The zero-order chi connectivity index (χ0) is 14.8. The van der Waals surface area contributed by atoms with Gasteiger partial charge in [-0.15, -0.1) is 0 Å². The zero-order valence-corrected chi connectivity index (χ0v) is 12.0. The van der Waals surface area contributed by atoms with Crippen molar-refractivity contribution in [3.05, 3.63) is 53.7 Å². The van der Waals surface area contributed by atoms with Crippen LogP contribution in [0.1, 0.15) is 17.4 Å². The SMILES string of the molecule is CCOC(=O)c1cn2cc(-c3cccnc3Cl)ccc2n1. The van der Waals surface area contributed by atoms with Gasteiger partial charge >= 0.3 is 5.97 Å². The summed E-state index contributed by atoms with van der Waals surface area (Å²) in [6.45, 7) is 2.08. The molecule has 3 rings (SSSR count). The first kappa shape index (κ1) is 13.6. The van der Waals surface area contributed by atoms with Gasteiger partial charge in [-0.05, 0) is 31.2 Å². The lowest BCUT2D eigenvalue weighted by Gasteiger charge is -2.03. The normalized spacial score (nSPS) is 10.8. The fourth-order valence-corrected chi connectivity index (χ4v) is 2.28. The standard InChI is InChI=1S/C15H12ClN3O2/c1-2-21-15(20)12-9-19-8-10(5-6-13(19)18-12)11-4-3-7-17-14(11)16/h3-9H,2H2,1H3.